The molecule has 4 heterocycles. The number of fused-ring (bicyclic) bond motifs is 7. The van der Waals surface area contributed by atoms with Gasteiger partial charge in [-0.3, -0.25) is 0 Å². The molecule has 276 valence electrons. The Kier molecular flexibility index (Phi) is 6.36. The summed E-state index contributed by atoms with van der Waals surface area (Å²) in [4.78, 5) is 15.5. The molecule has 0 aliphatic rings. The van der Waals surface area contributed by atoms with Gasteiger partial charge in [-0.2, -0.15) is 0 Å². The first-order valence-corrected chi connectivity index (χ1v) is 20.8. The van der Waals surface area contributed by atoms with E-state index in [1.54, 1.807) is 33.3 Å². The molecular formula is C53H32N4S2. The lowest BCUT2D eigenvalue weighted by atomic mass is 9.99. The van der Waals surface area contributed by atoms with Gasteiger partial charge in [-0.05, 0) is 87.6 Å². The molecule has 12 rings (SSSR count). The quantitative estimate of drug-likeness (QED) is 0.168. The number of benzene rings is 8. The smallest absolute Gasteiger partial charge is 0.166 e. The van der Waals surface area contributed by atoms with Crippen LogP contribution in [0.3, 0.4) is 0 Å². The first kappa shape index (κ1) is 27.4. The molecule has 0 atom stereocenters. The Balaban J connectivity index is 1.08. The van der Waals surface area contributed by atoms with Crippen molar-refractivity contribution in [3.8, 4) is 62.1 Å². The fourth-order valence-corrected chi connectivity index (χ4v) is 10.3. The Labute approximate surface area is 357 Å². The van der Waals surface area contributed by atoms with Crippen molar-refractivity contribution in [2.24, 2.45) is 0 Å². The van der Waals surface area contributed by atoms with E-state index in [1.807, 2.05) is 53.9 Å². The number of para-hydroxylation sites is 3. The van der Waals surface area contributed by atoms with Crippen LogP contribution in [-0.2, 0) is 0 Å². The minimum atomic E-state index is -0.460. The molecule has 0 aliphatic carbocycles. The SMILES string of the molecule is [2H]c1cc([2H])c2c(c1[2H])c1c([2H])c([2H])c([2H])c([2H])c1n2-c1ccccc1-c1nc(-c2cccc(-c3cccc4c3sc3ccc(-c5ccccc5)cc34)c2)nc(-c2cccc3ccsc23)n1. The summed E-state index contributed by atoms with van der Waals surface area (Å²) in [5.74, 6) is 1.17. The van der Waals surface area contributed by atoms with Crippen LogP contribution in [0.4, 0.5) is 0 Å². The fraction of sp³-hybridized carbons (Fsp3) is 0. The molecule has 6 heteroatoms. The van der Waals surface area contributed by atoms with E-state index in [1.165, 1.54) is 37.4 Å². The lowest BCUT2D eigenvalue weighted by molar-refractivity contribution is 1.07. The predicted octanol–water partition coefficient (Wildman–Crippen LogP) is 14.9. The molecule has 59 heavy (non-hydrogen) atoms. The largest absolute Gasteiger partial charge is 0.309 e. The minimum Gasteiger partial charge on any atom is -0.309 e. The lowest BCUT2D eigenvalue weighted by Gasteiger charge is -2.15. The third kappa shape index (κ3) is 5.60. The van der Waals surface area contributed by atoms with Crippen LogP contribution in [0.1, 0.15) is 9.60 Å². The lowest BCUT2D eigenvalue weighted by Crippen LogP contribution is -2.03. The van der Waals surface area contributed by atoms with Gasteiger partial charge in [-0.15, -0.1) is 22.7 Å². The van der Waals surface area contributed by atoms with E-state index in [4.69, 9.17) is 23.2 Å². The molecule has 8 aromatic carbocycles. The summed E-state index contributed by atoms with van der Waals surface area (Å²) >= 11 is 3.37. The Morgan fingerprint density at radius 1 is 0.441 bits per heavy atom. The molecular weight excluding hydrogens is 757 g/mol. The van der Waals surface area contributed by atoms with Crippen LogP contribution in [0, 0.1) is 0 Å². The summed E-state index contributed by atoms with van der Waals surface area (Å²) in [7, 11) is 0. The molecule has 0 amide bonds. The highest BCUT2D eigenvalue weighted by Gasteiger charge is 2.20. The molecule has 0 radical (unpaired) electrons. The molecule has 0 fully saturated rings. The Hall–Kier alpha value is -7.25. The number of thiophene rings is 2. The minimum absolute atomic E-state index is 0.0712. The second kappa shape index (κ2) is 13.7. The van der Waals surface area contributed by atoms with E-state index in [9.17, 15) is 1.37 Å². The van der Waals surface area contributed by atoms with Crippen molar-refractivity contribution in [3.05, 3.63) is 193 Å². The van der Waals surface area contributed by atoms with Gasteiger partial charge in [0.25, 0.3) is 0 Å². The Morgan fingerprint density at radius 2 is 1.15 bits per heavy atom. The van der Waals surface area contributed by atoms with E-state index < -0.39 is 12.1 Å². The van der Waals surface area contributed by atoms with Crippen molar-refractivity contribution in [2.45, 2.75) is 0 Å². The number of aromatic nitrogens is 4. The van der Waals surface area contributed by atoms with Crippen molar-refractivity contribution < 1.29 is 9.60 Å². The highest BCUT2D eigenvalue weighted by Crippen LogP contribution is 2.43. The molecule has 4 nitrogen and oxygen atoms in total. The number of hydrogen-bond donors (Lipinski definition) is 0. The highest BCUT2D eigenvalue weighted by molar-refractivity contribution is 7.26. The third-order valence-electron chi connectivity index (χ3n) is 10.9. The van der Waals surface area contributed by atoms with E-state index in [-0.39, 0.29) is 52.0 Å². The van der Waals surface area contributed by atoms with E-state index in [0.29, 0.717) is 28.7 Å². The maximum Gasteiger partial charge on any atom is 0.166 e. The third-order valence-corrected chi connectivity index (χ3v) is 13.0. The average molecular weight is 796 g/mol. The van der Waals surface area contributed by atoms with Crippen molar-refractivity contribution in [1.29, 1.82) is 0 Å². The van der Waals surface area contributed by atoms with Gasteiger partial charge in [0.1, 0.15) is 0 Å². The molecule has 0 unspecified atom stereocenters. The second-order valence-corrected chi connectivity index (χ2v) is 16.2. The first-order chi connectivity index (χ1) is 32.1. The van der Waals surface area contributed by atoms with E-state index in [2.05, 4.69) is 84.9 Å². The predicted molar refractivity (Wildman–Crippen MR) is 250 cm³/mol. The summed E-state index contributed by atoms with van der Waals surface area (Å²) in [6.45, 7) is 0. The standard InChI is InChI=1S/C53H32N4S2/c1-2-13-33(14-3-1)35-27-28-48-44(32-35)41-22-12-21-38(50(41)59-48)36-16-10-17-37(31-36)51-54-52(56-53(55-51)43-23-11-15-34-29-30-58-49(34)43)42-20-6-9-26-47(42)57-45-24-7-4-18-39(45)40-19-5-8-25-46(40)57/h1-32H/i4D,5D,7D,18D,19D,24D,25D. The summed E-state index contributed by atoms with van der Waals surface area (Å²) in [5, 5.41) is 5.66. The van der Waals surface area contributed by atoms with Crippen molar-refractivity contribution >= 4 is 74.7 Å². The van der Waals surface area contributed by atoms with Crippen molar-refractivity contribution in [2.75, 3.05) is 0 Å². The summed E-state index contributed by atoms with van der Waals surface area (Å²) in [6.07, 6.45) is 0. The molecule has 0 saturated heterocycles. The zero-order valence-electron chi connectivity index (χ0n) is 38.0. The van der Waals surface area contributed by atoms with Gasteiger partial charge in [0.05, 0.1) is 26.3 Å². The van der Waals surface area contributed by atoms with Crippen molar-refractivity contribution in [3.63, 3.8) is 0 Å². The molecule has 0 bridgehead atoms. The average Bonchev–Trinajstić information content (AvgIpc) is 4.09. The molecule has 4 aromatic heterocycles. The van der Waals surface area contributed by atoms with Gasteiger partial charge >= 0.3 is 0 Å². The van der Waals surface area contributed by atoms with Gasteiger partial charge in [-0.1, -0.05) is 133 Å². The summed E-state index contributed by atoms with van der Waals surface area (Å²) in [6, 6.07) is 46.3. The Morgan fingerprint density at radius 3 is 2.08 bits per heavy atom. The topological polar surface area (TPSA) is 43.6 Å². The van der Waals surface area contributed by atoms with Crippen LogP contribution in [0.25, 0.3) is 114 Å². The van der Waals surface area contributed by atoms with Crippen LogP contribution in [0.15, 0.2) is 193 Å². The first-order valence-electron chi connectivity index (χ1n) is 22.6. The maximum atomic E-state index is 9.17. The van der Waals surface area contributed by atoms with Gasteiger partial charge in [0.15, 0.2) is 17.5 Å². The number of nitrogens with zero attached hydrogens (tertiary/aromatic N) is 4. The van der Waals surface area contributed by atoms with Gasteiger partial charge in [0, 0.05) is 52.3 Å². The molecule has 0 N–H and O–H groups in total. The zero-order chi connectivity index (χ0) is 45.0. The number of hydrogen-bond acceptors (Lipinski definition) is 5. The van der Waals surface area contributed by atoms with Gasteiger partial charge in [-0.25, -0.2) is 15.0 Å². The fourth-order valence-electron chi connectivity index (χ4n) is 8.14. The van der Waals surface area contributed by atoms with Crippen LogP contribution in [0.5, 0.6) is 0 Å². The molecule has 0 aliphatic heterocycles. The van der Waals surface area contributed by atoms with Crippen LogP contribution in [0.2, 0.25) is 0 Å². The molecule has 12 aromatic rings. The highest BCUT2D eigenvalue weighted by atomic mass is 32.1. The van der Waals surface area contributed by atoms with Crippen molar-refractivity contribution in [1.82, 2.24) is 19.5 Å². The maximum absolute atomic E-state index is 9.17. The normalized spacial score (nSPS) is 13.4. The van der Waals surface area contributed by atoms with Gasteiger partial charge in [0.2, 0.25) is 0 Å². The van der Waals surface area contributed by atoms with Crippen LogP contribution in [-0.4, -0.2) is 19.5 Å². The van der Waals surface area contributed by atoms with Crippen LogP contribution < -0.4 is 0 Å². The Bertz CT molecular complexity index is 3990. The second-order valence-electron chi connectivity index (χ2n) is 14.3. The number of rotatable bonds is 6. The summed E-state index contributed by atoms with van der Waals surface area (Å²) in [5.41, 5.74) is 7.24. The molecule has 0 saturated carbocycles. The monoisotopic (exact) mass is 795 g/mol. The summed E-state index contributed by atoms with van der Waals surface area (Å²) < 4.78 is 67.0. The van der Waals surface area contributed by atoms with Crippen LogP contribution >= 0.6 is 22.7 Å². The zero-order valence-corrected chi connectivity index (χ0v) is 32.7. The van der Waals surface area contributed by atoms with E-state index in [0.717, 1.165) is 32.3 Å². The van der Waals surface area contributed by atoms with E-state index >= 15 is 0 Å². The molecule has 0 spiro atoms. The van der Waals surface area contributed by atoms with Gasteiger partial charge < -0.3 is 4.57 Å².